The number of amides is 1. The van der Waals surface area contributed by atoms with E-state index in [9.17, 15) is 13.2 Å². The summed E-state index contributed by atoms with van der Waals surface area (Å²) in [6, 6.07) is 8.00. The highest BCUT2D eigenvalue weighted by Crippen LogP contribution is 2.44. The zero-order valence-corrected chi connectivity index (χ0v) is 16.5. The Morgan fingerprint density at radius 3 is 2.78 bits per heavy atom. The van der Waals surface area contributed by atoms with Gasteiger partial charge < -0.3 is 9.64 Å². The largest absolute Gasteiger partial charge is 0.495 e. The predicted molar refractivity (Wildman–Crippen MR) is 104 cm³/mol. The maximum Gasteiger partial charge on any atom is 0.262 e. The summed E-state index contributed by atoms with van der Waals surface area (Å²) < 4.78 is 33.8. The molecule has 4 rings (SSSR count). The van der Waals surface area contributed by atoms with Gasteiger partial charge in [-0.2, -0.15) is 0 Å². The van der Waals surface area contributed by atoms with Gasteiger partial charge >= 0.3 is 0 Å². The summed E-state index contributed by atoms with van der Waals surface area (Å²) in [4.78, 5) is 14.4. The summed E-state index contributed by atoms with van der Waals surface area (Å²) in [6.45, 7) is 2.51. The van der Waals surface area contributed by atoms with Crippen molar-refractivity contribution in [1.29, 1.82) is 0 Å². The molecular weight excluding hydrogens is 388 g/mol. The van der Waals surface area contributed by atoms with Crippen LogP contribution in [-0.4, -0.2) is 28.0 Å². The second-order valence-corrected chi connectivity index (χ2v) is 8.90. The lowest BCUT2D eigenvalue weighted by Gasteiger charge is -2.26. The Labute approximate surface area is 163 Å². The van der Waals surface area contributed by atoms with Crippen LogP contribution in [0, 0.1) is 0 Å². The summed E-state index contributed by atoms with van der Waals surface area (Å²) in [5.41, 5.74) is 2.83. The van der Waals surface area contributed by atoms with Crippen LogP contribution in [0.1, 0.15) is 30.4 Å². The van der Waals surface area contributed by atoms with E-state index in [4.69, 9.17) is 16.3 Å². The highest BCUT2D eigenvalue weighted by Gasteiger charge is 2.38. The minimum Gasteiger partial charge on any atom is -0.495 e. The zero-order chi connectivity index (χ0) is 19.3. The molecule has 0 fully saturated rings. The first-order chi connectivity index (χ1) is 12.8. The minimum absolute atomic E-state index is 0.0324. The molecule has 0 aliphatic carbocycles. The van der Waals surface area contributed by atoms with Crippen molar-refractivity contribution in [3.05, 3.63) is 46.5 Å². The van der Waals surface area contributed by atoms with E-state index < -0.39 is 10.0 Å². The van der Waals surface area contributed by atoms with Crippen LogP contribution >= 0.6 is 11.6 Å². The van der Waals surface area contributed by atoms with Gasteiger partial charge in [-0.25, -0.2) is 8.42 Å². The molecule has 27 heavy (non-hydrogen) atoms. The van der Waals surface area contributed by atoms with Gasteiger partial charge in [-0.3, -0.25) is 9.52 Å². The first-order valence-corrected chi connectivity index (χ1v) is 10.5. The quantitative estimate of drug-likeness (QED) is 0.842. The second kappa shape index (κ2) is 6.42. The van der Waals surface area contributed by atoms with Crippen molar-refractivity contribution in [3.8, 4) is 5.75 Å². The number of nitrogens with zero attached hydrogens (tertiary/aromatic N) is 1. The normalized spacial score (nSPS) is 18.4. The number of benzene rings is 2. The lowest BCUT2D eigenvalue weighted by atomic mass is 9.97. The number of sulfonamides is 1. The highest BCUT2D eigenvalue weighted by molar-refractivity contribution is 7.92. The van der Waals surface area contributed by atoms with E-state index in [-0.39, 0.29) is 22.4 Å². The maximum absolute atomic E-state index is 13.0. The average molecular weight is 407 g/mol. The lowest BCUT2D eigenvalue weighted by molar-refractivity contribution is -0.119. The zero-order valence-electron chi connectivity index (χ0n) is 15.0. The Morgan fingerprint density at radius 1 is 1.26 bits per heavy atom. The molecule has 2 heterocycles. The molecule has 0 aromatic heterocycles. The molecule has 2 aromatic rings. The van der Waals surface area contributed by atoms with Crippen LogP contribution in [0.3, 0.4) is 0 Å². The smallest absolute Gasteiger partial charge is 0.262 e. The number of anilines is 2. The third kappa shape index (κ3) is 2.95. The average Bonchev–Trinajstić information content (AvgIpc) is 2.88. The third-order valence-corrected chi connectivity index (χ3v) is 6.69. The molecule has 1 N–H and O–H groups in total. The number of rotatable bonds is 4. The third-order valence-electron chi connectivity index (χ3n) is 5.11. The highest BCUT2D eigenvalue weighted by atomic mass is 35.5. The second-order valence-electron chi connectivity index (χ2n) is 6.79. The standard InChI is InChI=1S/C19H19ClN2O4S/c1-11-15-10-14(8-12-4-3-7-22(18(12)15)19(11)23)27(24,25)21-16-9-13(20)5-6-17(16)26-2/h5-6,8-11,21H,3-4,7H2,1-2H3/t11-/m0/s1. The van der Waals surface area contributed by atoms with Crippen LogP contribution in [0.4, 0.5) is 11.4 Å². The molecule has 142 valence electrons. The van der Waals surface area contributed by atoms with E-state index in [1.807, 2.05) is 6.92 Å². The van der Waals surface area contributed by atoms with Gasteiger partial charge in [0.2, 0.25) is 5.91 Å². The topological polar surface area (TPSA) is 75.7 Å². The number of halogens is 1. The maximum atomic E-state index is 13.0. The molecule has 0 saturated carbocycles. The molecule has 2 aromatic carbocycles. The van der Waals surface area contributed by atoms with Gasteiger partial charge in [-0.05, 0) is 61.2 Å². The van der Waals surface area contributed by atoms with Gasteiger partial charge in [0.05, 0.1) is 29.3 Å². The van der Waals surface area contributed by atoms with Crippen molar-refractivity contribution >= 4 is 38.9 Å². The van der Waals surface area contributed by atoms with E-state index in [1.54, 1.807) is 29.2 Å². The van der Waals surface area contributed by atoms with E-state index in [0.29, 0.717) is 17.3 Å². The van der Waals surface area contributed by atoms with Crippen molar-refractivity contribution in [2.24, 2.45) is 0 Å². The fourth-order valence-electron chi connectivity index (χ4n) is 3.78. The van der Waals surface area contributed by atoms with Crippen LogP contribution < -0.4 is 14.4 Å². The molecule has 1 amide bonds. The molecule has 0 bridgehead atoms. The molecule has 0 unspecified atom stereocenters. The number of ether oxygens (including phenoxy) is 1. The molecule has 8 heteroatoms. The van der Waals surface area contributed by atoms with E-state index in [1.165, 1.54) is 13.2 Å². The number of nitrogens with one attached hydrogen (secondary N) is 1. The van der Waals surface area contributed by atoms with Gasteiger partial charge in [0.1, 0.15) is 5.75 Å². The number of hydrogen-bond donors (Lipinski definition) is 1. The summed E-state index contributed by atoms with van der Waals surface area (Å²) in [6.07, 6.45) is 1.58. The van der Waals surface area contributed by atoms with Crippen molar-refractivity contribution in [2.45, 2.75) is 30.6 Å². The van der Waals surface area contributed by atoms with Crippen molar-refractivity contribution < 1.29 is 17.9 Å². The number of carbonyl (C=O) groups excluding carboxylic acids is 1. The monoisotopic (exact) mass is 406 g/mol. The van der Waals surface area contributed by atoms with Gasteiger partial charge in [0, 0.05) is 11.6 Å². The first-order valence-electron chi connectivity index (χ1n) is 8.66. The van der Waals surface area contributed by atoms with E-state index >= 15 is 0 Å². The van der Waals surface area contributed by atoms with Crippen LogP contribution in [0.25, 0.3) is 0 Å². The Bertz CT molecular complexity index is 1050. The van der Waals surface area contributed by atoms with Gasteiger partial charge in [0.15, 0.2) is 0 Å². The summed E-state index contributed by atoms with van der Waals surface area (Å²) in [7, 11) is -2.41. The van der Waals surface area contributed by atoms with Crippen LogP contribution in [-0.2, 0) is 21.2 Å². The first kappa shape index (κ1) is 18.1. The molecule has 2 aliphatic rings. The Morgan fingerprint density at radius 2 is 2.04 bits per heavy atom. The molecule has 2 aliphatic heterocycles. The van der Waals surface area contributed by atoms with Gasteiger partial charge in [-0.15, -0.1) is 0 Å². The molecule has 0 radical (unpaired) electrons. The summed E-state index contributed by atoms with van der Waals surface area (Å²) in [5.74, 6) is 0.0675. The Hall–Kier alpha value is -2.25. The van der Waals surface area contributed by atoms with Gasteiger partial charge in [0.25, 0.3) is 10.0 Å². The van der Waals surface area contributed by atoms with Crippen molar-refractivity contribution in [1.82, 2.24) is 0 Å². The Kier molecular flexibility index (Phi) is 4.31. The number of hydrogen-bond acceptors (Lipinski definition) is 4. The summed E-state index contributed by atoms with van der Waals surface area (Å²) >= 11 is 6.00. The number of aryl methyl sites for hydroxylation is 1. The number of carbonyl (C=O) groups is 1. The molecule has 0 spiro atoms. The fraction of sp³-hybridized carbons (Fsp3) is 0.316. The van der Waals surface area contributed by atoms with Crippen LogP contribution in [0.2, 0.25) is 5.02 Å². The van der Waals surface area contributed by atoms with E-state index in [0.717, 1.165) is 29.7 Å². The molecule has 6 nitrogen and oxygen atoms in total. The van der Waals surface area contributed by atoms with Crippen LogP contribution in [0.15, 0.2) is 35.2 Å². The lowest BCUT2D eigenvalue weighted by Crippen LogP contribution is -2.32. The molecular formula is C19H19ClN2O4S. The predicted octanol–water partition coefficient (Wildman–Crippen LogP) is 3.55. The van der Waals surface area contributed by atoms with Crippen molar-refractivity contribution in [3.63, 3.8) is 0 Å². The molecule has 1 atom stereocenters. The van der Waals surface area contributed by atoms with Crippen LogP contribution in [0.5, 0.6) is 5.75 Å². The molecule has 0 saturated heterocycles. The van der Waals surface area contributed by atoms with Crippen molar-refractivity contribution in [2.75, 3.05) is 23.3 Å². The summed E-state index contributed by atoms with van der Waals surface area (Å²) in [5, 5.41) is 0.396. The number of methoxy groups -OCH3 is 1. The SMILES string of the molecule is COc1ccc(Cl)cc1NS(=O)(=O)c1cc2c3c(c1)[C@H](C)C(=O)N3CCC2. The van der Waals surface area contributed by atoms with E-state index in [2.05, 4.69) is 4.72 Å². The minimum atomic E-state index is -3.87. The van der Waals surface area contributed by atoms with Gasteiger partial charge in [-0.1, -0.05) is 11.6 Å². The Balaban J connectivity index is 1.78. The fourth-order valence-corrected chi connectivity index (χ4v) is 5.10.